The van der Waals surface area contributed by atoms with Gasteiger partial charge in [0.15, 0.2) is 0 Å². The van der Waals surface area contributed by atoms with Crippen molar-refractivity contribution in [1.82, 2.24) is 15.4 Å². The summed E-state index contributed by atoms with van der Waals surface area (Å²) in [6, 6.07) is 1.72. The summed E-state index contributed by atoms with van der Waals surface area (Å²) in [7, 11) is 1.78. The third-order valence-electron chi connectivity index (χ3n) is 2.28. The third-order valence-corrected chi connectivity index (χ3v) is 3.22. The van der Waals surface area contributed by atoms with Crippen molar-refractivity contribution in [3.63, 3.8) is 0 Å². The number of nitrogens with zero attached hydrogens (tertiary/aromatic N) is 2. The summed E-state index contributed by atoms with van der Waals surface area (Å²) in [5.74, 6) is 1.82. The number of likely N-dealkylation sites (N-methyl/N-ethyl adjacent to an activating group) is 1. The van der Waals surface area contributed by atoms with Gasteiger partial charge in [-0.1, -0.05) is 5.16 Å². The molecule has 0 aromatic carbocycles. The molecule has 1 aromatic rings. The fraction of sp³-hybridized carbons (Fsp3) is 0.556. The molecule has 0 bridgehead atoms. The van der Waals surface area contributed by atoms with Gasteiger partial charge in [-0.05, 0) is 0 Å². The van der Waals surface area contributed by atoms with Gasteiger partial charge in [-0.3, -0.25) is 10.1 Å². The van der Waals surface area contributed by atoms with E-state index in [-0.39, 0.29) is 24.4 Å². The number of hydrogen-bond acceptors (Lipinski definition) is 5. The second kappa shape index (κ2) is 6.12. The Bertz CT molecular complexity index is 328. The summed E-state index contributed by atoms with van der Waals surface area (Å²) in [5, 5.41) is 6.92. The first-order valence-electron chi connectivity index (χ1n) is 4.73. The Labute approximate surface area is 104 Å². The zero-order valence-electron chi connectivity index (χ0n) is 8.88. The van der Waals surface area contributed by atoms with E-state index in [0.717, 1.165) is 17.3 Å². The fourth-order valence-electron chi connectivity index (χ4n) is 1.46. The van der Waals surface area contributed by atoms with Gasteiger partial charge in [0.05, 0.1) is 12.6 Å². The van der Waals surface area contributed by atoms with Crippen LogP contribution in [0.4, 0.5) is 0 Å². The highest BCUT2D eigenvalue weighted by Gasteiger charge is 2.25. The molecular formula is C9H14ClN3O2S. The molecule has 1 N–H and O–H groups in total. The first kappa shape index (κ1) is 13.3. The molecular weight excluding hydrogens is 250 g/mol. The van der Waals surface area contributed by atoms with E-state index >= 15 is 0 Å². The third kappa shape index (κ3) is 3.13. The lowest BCUT2D eigenvalue weighted by atomic mass is 10.3. The molecule has 1 saturated heterocycles. The monoisotopic (exact) mass is 263 g/mol. The molecule has 1 atom stereocenters. The summed E-state index contributed by atoms with van der Waals surface area (Å²) in [6.07, 6.45) is 1.51. The predicted octanol–water partition coefficient (Wildman–Crippen LogP) is 0.717. The smallest absolute Gasteiger partial charge is 0.240 e. The minimum absolute atomic E-state index is 0. The predicted molar refractivity (Wildman–Crippen MR) is 64.5 cm³/mol. The first-order valence-corrected chi connectivity index (χ1v) is 5.88. The molecule has 1 amide bonds. The molecule has 0 spiro atoms. The van der Waals surface area contributed by atoms with Crippen LogP contribution in [-0.2, 0) is 11.3 Å². The maximum Gasteiger partial charge on any atom is 0.240 e. The number of aromatic nitrogens is 1. The van der Waals surface area contributed by atoms with Gasteiger partial charge in [0.25, 0.3) is 0 Å². The van der Waals surface area contributed by atoms with E-state index in [0.29, 0.717) is 6.54 Å². The molecule has 1 unspecified atom stereocenters. The lowest BCUT2D eigenvalue weighted by Gasteiger charge is -2.19. The average molecular weight is 264 g/mol. The summed E-state index contributed by atoms with van der Waals surface area (Å²) in [5.41, 5.74) is 0.775. The molecule has 0 aliphatic carbocycles. The number of carbonyl (C=O) groups excluding carboxylic acids is 1. The number of amides is 1. The van der Waals surface area contributed by atoms with Crippen LogP contribution in [0.15, 0.2) is 16.9 Å². The van der Waals surface area contributed by atoms with Crippen LogP contribution in [0.25, 0.3) is 0 Å². The molecule has 0 radical (unpaired) electrons. The quantitative estimate of drug-likeness (QED) is 0.871. The van der Waals surface area contributed by atoms with E-state index in [1.807, 2.05) is 0 Å². The van der Waals surface area contributed by atoms with Crippen molar-refractivity contribution < 1.29 is 9.32 Å². The van der Waals surface area contributed by atoms with Gasteiger partial charge in [0.2, 0.25) is 5.91 Å². The Kier molecular flexibility index (Phi) is 5.11. The van der Waals surface area contributed by atoms with Gasteiger partial charge in [0, 0.05) is 24.7 Å². The number of thioether (sulfide) groups is 1. The Morgan fingerprint density at radius 1 is 1.81 bits per heavy atom. The van der Waals surface area contributed by atoms with Gasteiger partial charge in [-0.15, -0.1) is 24.2 Å². The number of rotatable bonds is 3. The van der Waals surface area contributed by atoms with Crippen molar-refractivity contribution in [3.8, 4) is 0 Å². The minimum atomic E-state index is -0.0492. The maximum atomic E-state index is 11.9. The molecule has 2 rings (SSSR count). The van der Waals surface area contributed by atoms with Crippen LogP contribution >= 0.6 is 24.2 Å². The van der Waals surface area contributed by atoms with Crippen LogP contribution in [0, 0.1) is 0 Å². The van der Waals surface area contributed by atoms with Gasteiger partial charge >= 0.3 is 0 Å². The Morgan fingerprint density at radius 2 is 2.62 bits per heavy atom. The molecule has 1 fully saturated rings. The minimum Gasteiger partial charge on any atom is -0.364 e. The second-order valence-electron chi connectivity index (χ2n) is 3.46. The van der Waals surface area contributed by atoms with Crippen LogP contribution in [0.2, 0.25) is 0 Å². The Hall–Kier alpha value is -0.720. The topological polar surface area (TPSA) is 58.4 Å². The van der Waals surface area contributed by atoms with E-state index in [1.54, 1.807) is 29.8 Å². The molecule has 7 heteroatoms. The number of nitrogens with one attached hydrogen (secondary N) is 1. The molecule has 1 aliphatic heterocycles. The van der Waals surface area contributed by atoms with E-state index in [2.05, 4.69) is 10.5 Å². The number of halogens is 1. The standard InChI is InChI=1S/C9H13N3O2S.ClH/c1-12(4-7-2-3-14-11-7)9(13)8-5-15-6-10-8;/h2-3,8,10H,4-6H2,1H3;1H. The second-order valence-corrected chi connectivity index (χ2v) is 4.49. The fourth-order valence-corrected chi connectivity index (χ4v) is 2.39. The van der Waals surface area contributed by atoms with Crippen LogP contribution in [0.5, 0.6) is 0 Å². The van der Waals surface area contributed by atoms with E-state index in [4.69, 9.17) is 4.52 Å². The van der Waals surface area contributed by atoms with Crippen LogP contribution in [0.1, 0.15) is 5.69 Å². The summed E-state index contributed by atoms with van der Waals surface area (Å²) in [4.78, 5) is 13.5. The zero-order valence-corrected chi connectivity index (χ0v) is 10.5. The van der Waals surface area contributed by atoms with Gasteiger partial charge in [0.1, 0.15) is 12.0 Å². The SMILES string of the molecule is CN(Cc1ccon1)C(=O)C1CSCN1.Cl. The molecule has 5 nitrogen and oxygen atoms in total. The lowest BCUT2D eigenvalue weighted by molar-refractivity contribution is -0.131. The highest BCUT2D eigenvalue weighted by atomic mass is 35.5. The van der Waals surface area contributed by atoms with Crippen molar-refractivity contribution in [3.05, 3.63) is 18.0 Å². The van der Waals surface area contributed by atoms with Crippen LogP contribution in [-0.4, -0.2) is 40.7 Å². The summed E-state index contributed by atoms with van der Waals surface area (Å²) >= 11 is 1.74. The average Bonchev–Trinajstić information content (AvgIpc) is 2.88. The molecule has 16 heavy (non-hydrogen) atoms. The lowest BCUT2D eigenvalue weighted by Crippen LogP contribution is -2.42. The number of hydrogen-bond donors (Lipinski definition) is 1. The normalized spacial score (nSPS) is 19.2. The molecule has 90 valence electrons. The highest BCUT2D eigenvalue weighted by molar-refractivity contribution is 7.99. The maximum absolute atomic E-state index is 11.9. The molecule has 2 heterocycles. The summed E-state index contributed by atoms with van der Waals surface area (Å²) < 4.78 is 4.71. The van der Waals surface area contributed by atoms with Gasteiger partial charge in [-0.2, -0.15) is 0 Å². The van der Waals surface area contributed by atoms with Crippen molar-refractivity contribution in [2.24, 2.45) is 0 Å². The zero-order chi connectivity index (χ0) is 10.7. The largest absolute Gasteiger partial charge is 0.364 e. The van der Waals surface area contributed by atoms with E-state index < -0.39 is 0 Å². The molecule has 1 aromatic heterocycles. The van der Waals surface area contributed by atoms with Crippen LogP contribution < -0.4 is 5.32 Å². The van der Waals surface area contributed by atoms with E-state index in [9.17, 15) is 4.79 Å². The first-order chi connectivity index (χ1) is 7.27. The number of carbonyl (C=O) groups is 1. The van der Waals surface area contributed by atoms with Crippen LogP contribution in [0.3, 0.4) is 0 Å². The van der Waals surface area contributed by atoms with Gasteiger partial charge < -0.3 is 9.42 Å². The Balaban J connectivity index is 0.00000128. The highest BCUT2D eigenvalue weighted by Crippen LogP contribution is 2.12. The van der Waals surface area contributed by atoms with Gasteiger partial charge in [-0.25, -0.2) is 0 Å². The van der Waals surface area contributed by atoms with E-state index in [1.165, 1.54) is 6.26 Å². The van der Waals surface area contributed by atoms with Crippen molar-refractivity contribution in [2.45, 2.75) is 12.6 Å². The summed E-state index contributed by atoms with van der Waals surface area (Å²) in [6.45, 7) is 0.498. The van der Waals surface area contributed by atoms with Crippen molar-refractivity contribution >= 4 is 30.1 Å². The van der Waals surface area contributed by atoms with Crippen molar-refractivity contribution in [2.75, 3.05) is 18.7 Å². The molecule has 1 aliphatic rings. The molecule has 0 saturated carbocycles. The van der Waals surface area contributed by atoms with Crippen molar-refractivity contribution in [1.29, 1.82) is 0 Å². The Morgan fingerprint density at radius 3 is 3.19 bits per heavy atom.